The number of imide groups is 1. The number of nitrogens with one attached hydrogen (secondary N) is 1. The highest BCUT2D eigenvalue weighted by Crippen LogP contribution is 2.42. The van der Waals surface area contributed by atoms with Gasteiger partial charge in [0.25, 0.3) is 5.91 Å². The van der Waals surface area contributed by atoms with Gasteiger partial charge >= 0.3 is 0 Å². The number of carbonyl (C=O) groups excluding carboxylic acids is 3. The first-order valence-electron chi connectivity index (χ1n) is 9.90. The van der Waals surface area contributed by atoms with Gasteiger partial charge in [0.15, 0.2) is 0 Å². The van der Waals surface area contributed by atoms with Crippen LogP contribution in [0, 0.1) is 24.7 Å². The number of anilines is 2. The lowest BCUT2D eigenvalue weighted by atomic mass is 9.76. The van der Waals surface area contributed by atoms with Crippen LogP contribution in [0.15, 0.2) is 42.5 Å². The smallest absolute Gasteiger partial charge is 0.255 e. The van der Waals surface area contributed by atoms with E-state index >= 15 is 0 Å². The zero-order chi connectivity index (χ0) is 20.7. The van der Waals surface area contributed by atoms with Gasteiger partial charge in [0.05, 0.1) is 17.5 Å². The van der Waals surface area contributed by atoms with Gasteiger partial charge < -0.3 is 5.32 Å². The van der Waals surface area contributed by atoms with E-state index in [1.54, 1.807) is 36.4 Å². The summed E-state index contributed by atoms with van der Waals surface area (Å²) >= 11 is 6.03. The highest BCUT2D eigenvalue weighted by molar-refractivity contribution is 6.31. The average molecular weight is 411 g/mol. The predicted molar refractivity (Wildman–Crippen MR) is 113 cm³/mol. The molecule has 3 amide bonds. The SMILES string of the molecule is Cc1ccc(Cl)cc1NC(=O)c1cccc(N2C(=O)[C@H]3CC[C@H](C)C[C@H]3C2=O)c1. The van der Waals surface area contributed by atoms with Gasteiger partial charge in [0, 0.05) is 16.3 Å². The molecule has 4 rings (SSSR count). The van der Waals surface area contributed by atoms with Gasteiger partial charge in [-0.15, -0.1) is 0 Å². The molecule has 0 bridgehead atoms. The van der Waals surface area contributed by atoms with Gasteiger partial charge in [-0.05, 0) is 68.0 Å². The van der Waals surface area contributed by atoms with E-state index in [-0.39, 0.29) is 29.6 Å². The maximum atomic E-state index is 12.9. The minimum Gasteiger partial charge on any atom is -0.322 e. The lowest BCUT2D eigenvalue weighted by Gasteiger charge is -2.25. The molecule has 2 aromatic carbocycles. The van der Waals surface area contributed by atoms with Crippen LogP contribution in [-0.4, -0.2) is 17.7 Å². The molecule has 1 saturated heterocycles. The Morgan fingerprint density at radius 3 is 2.62 bits per heavy atom. The summed E-state index contributed by atoms with van der Waals surface area (Å²) in [5.41, 5.74) is 2.35. The molecule has 5 nitrogen and oxygen atoms in total. The largest absolute Gasteiger partial charge is 0.322 e. The van der Waals surface area contributed by atoms with E-state index in [0.717, 1.165) is 24.8 Å². The molecule has 6 heteroatoms. The predicted octanol–water partition coefficient (Wildman–Crippen LogP) is 4.83. The van der Waals surface area contributed by atoms with Crippen LogP contribution in [-0.2, 0) is 9.59 Å². The van der Waals surface area contributed by atoms with Crippen molar-refractivity contribution in [1.29, 1.82) is 0 Å². The van der Waals surface area contributed by atoms with Crippen molar-refractivity contribution in [1.82, 2.24) is 0 Å². The van der Waals surface area contributed by atoms with Gasteiger partial charge in [-0.25, -0.2) is 0 Å². The van der Waals surface area contributed by atoms with Gasteiger partial charge in [-0.1, -0.05) is 30.7 Å². The quantitative estimate of drug-likeness (QED) is 0.737. The highest BCUT2D eigenvalue weighted by Gasteiger charge is 2.50. The van der Waals surface area contributed by atoms with Gasteiger partial charge in [0.2, 0.25) is 11.8 Å². The topological polar surface area (TPSA) is 66.5 Å². The number of benzene rings is 2. The summed E-state index contributed by atoms with van der Waals surface area (Å²) in [7, 11) is 0. The molecule has 2 fully saturated rings. The molecule has 1 N–H and O–H groups in total. The van der Waals surface area contributed by atoms with Crippen molar-refractivity contribution in [3.05, 3.63) is 58.6 Å². The van der Waals surface area contributed by atoms with E-state index in [1.165, 1.54) is 4.90 Å². The number of carbonyl (C=O) groups is 3. The standard InChI is InChI=1S/C23H23ClN2O3/c1-13-6-9-18-19(10-13)23(29)26(22(18)28)17-5-3-4-15(11-17)21(27)25-20-12-16(24)8-7-14(20)2/h3-5,7-8,11-13,18-19H,6,9-10H2,1-2H3,(H,25,27)/t13-,18-,19+/m0/s1. The molecule has 2 aromatic rings. The third-order valence-corrected chi connectivity index (χ3v) is 6.24. The average Bonchev–Trinajstić information content (AvgIpc) is 2.94. The van der Waals surface area contributed by atoms with Crippen molar-refractivity contribution in [2.75, 3.05) is 10.2 Å². The summed E-state index contributed by atoms with van der Waals surface area (Å²) < 4.78 is 0. The summed E-state index contributed by atoms with van der Waals surface area (Å²) in [6, 6.07) is 12.0. The van der Waals surface area contributed by atoms with Crippen LogP contribution in [0.4, 0.5) is 11.4 Å². The molecule has 150 valence electrons. The molecule has 0 aromatic heterocycles. The minimum absolute atomic E-state index is 0.143. The number of aryl methyl sites for hydroxylation is 1. The van der Waals surface area contributed by atoms with Crippen molar-refractivity contribution in [3.63, 3.8) is 0 Å². The van der Waals surface area contributed by atoms with Crippen molar-refractivity contribution in [2.45, 2.75) is 33.1 Å². The first kappa shape index (κ1) is 19.6. The number of fused-ring (bicyclic) bond motifs is 1. The van der Waals surface area contributed by atoms with Crippen molar-refractivity contribution >= 4 is 40.7 Å². The zero-order valence-electron chi connectivity index (χ0n) is 16.4. The van der Waals surface area contributed by atoms with Crippen LogP contribution < -0.4 is 10.2 Å². The fourth-order valence-corrected chi connectivity index (χ4v) is 4.53. The molecular formula is C23H23ClN2O3. The number of hydrogen-bond acceptors (Lipinski definition) is 3. The maximum absolute atomic E-state index is 12.9. The highest BCUT2D eigenvalue weighted by atomic mass is 35.5. The minimum atomic E-state index is -0.317. The second kappa shape index (κ2) is 7.64. The Morgan fingerprint density at radius 2 is 1.83 bits per heavy atom. The van der Waals surface area contributed by atoms with E-state index in [9.17, 15) is 14.4 Å². The number of rotatable bonds is 3. The van der Waals surface area contributed by atoms with E-state index in [4.69, 9.17) is 11.6 Å². The van der Waals surface area contributed by atoms with Gasteiger partial charge in [0.1, 0.15) is 0 Å². The summed E-state index contributed by atoms with van der Waals surface area (Å²) in [5, 5.41) is 3.38. The molecule has 0 radical (unpaired) electrons. The zero-order valence-corrected chi connectivity index (χ0v) is 17.2. The lowest BCUT2D eigenvalue weighted by molar-refractivity contribution is -0.122. The second-order valence-electron chi connectivity index (χ2n) is 8.11. The van der Waals surface area contributed by atoms with Crippen LogP contribution in [0.2, 0.25) is 5.02 Å². The van der Waals surface area contributed by atoms with E-state index in [0.29, 0.717) is 27.9 Å². The Bertz CT molecular complexity index is 1000. The third-order valence-electron chi connectivity index (χ3n) is 6.00. The number of halogens is 1. The number of amides is 3. The van der Waals surface area contributed by atoms with Crippen LogP contribution >= 0.6 is 11.6 Å². The van der Waals surface area contributed by atoms with E-state index < -0.39 is 0 Å². The molecule has 2 aliphatic rings. The van der Waals surface area contributed by atoms with Crippen LogP contribution in [0.5, 0.6) is 0 Å². The molecule has 1 saturated carbocycles. The Kier molecular flexibility index (Phi) is 5.17. The summed E-state index contributed by atoms with van der Waals surface area (Å²) in [6.07, 6.45) is 2.47. The van der Waals surface area contributed by atoms with Crippen LogP contribution in [0.3, 0.4) is 0 Å². The molecule has 1 heterocycles. The first-order chi connectivity index (χ1) is 13.8. The van der Waals surface area contributed by atoms with E-state index in [2.05, 4.69) is 12.2 Å². The van der Waals surface area contributed by atoms with Gasteiger partial charge in [-0.3, -0.25) is 19.3 Å². The monoisotopic (exact) mass is 410 g/mol. The summed E-state index contributed by atoms with van der Waals surface area (Å²) in [5.74, 6) is -0.624. The van der Waals surface area contributed by atoms with E-state index in [1.807, 2.05) is 13.0 Å². The third kappa shape index (κ3) is 3.67. The molecule has 3 atom stereocenters. The Morgan fingerprint density at radius 1 is 1.07 bits per heavy atom. The first-order valence-corrected chi connectivity index (χ1v) is 10.3. The Hall–Kier alpha value is -2.66. The fourth-order valence-electron chi connectivity index (χ4n) is 4.35. The molecule has 0 spiro atoms. The maximum Gasteiger partial charge on any atom is 0.255 e. The molecular weight excluding hydrogens is 388 g/mol. The Labute approximate surface area is 175 Å². The molecule has 1 aliphatic carbocycles. The summed E-state index contributed by atoms with van der Waals surface area (Å²) in [4.78, 5) is 39.9. The molecule has 29 heavy (non-hydrogen) atoms. The van der Waals surface area contributed by atoms with Crippen LogP contribution in [0.25, 0.3) is 0 Å². The summed E-state index contributed by atoms with van der Waals surface area (Å²) in [6.45, 7) is 4.01. The normalized spacial score (nSPS) is 23.8. The lowest BCUT2D eigenvalue weighted by Crippen LogP contribution is -2.31. The molecule has 0 unspecified atom stereocenters. The number of nitrogens with zero attached hydrogens (tertiary/aromatic N) is 1. The van der Waals surface area contributed by atoms with Crippen molar-refractivity contribution in [2.24, 2.45) is 17.8 Å². The Balaban J connectivity index is 1.59. The molecule has 1 aliphatic heterocycles. The fraction of sp³-hybridized carbons (Fsp3) is 0.348. The second-order valence-corrected chi connectivity index (χ2v) is 8.54. The van der Waals surface area contributed by atoms with Crippen LogP contribution in [0.1, 0.15) is 42.1 Å². The van der Waals surface area contributed by atoms with Gasteiger partial charge in [-0.2, -0.15) is 0 Å². The number of hydrogen-bond donors (Lipinski definition) is 1. The van der Waals surface area contributed by atoms with Crippen molar-refractivity contribution < 1.29 is 14.4 Å². The van der Waals surface area contributed by atoms with Crippen molar-refractivity contribution in [3.8, 4) is 0 Å².